The van der Waals surface area contributed by atoms with Crippen LogP contribution in [0.25, 0.3) is 22.3 Å². The van der Waals surface area contributed by atoms with Crippen molar-refractivity contribution >= 4 is 40.2 Å². The van der Waals surface area contributed by atoms with Gasteiger partial charge in [0, 0.05) is 30.0 Å². The second kappa shape index (κ2) is 7.89. The normalized spacial score (nSPS) is 19.3. The zero-order valence-corrected chi connectivity index (χ0v) is 21.0. The molecule has 1 N–H and O–H groups in total. The van der Waals surface area contributed by atoms with Crippen molar-refractivity contribution in [3.63, 3.8) is 0 Å². The third kappa shape index (κ3) is 3.14. The molecule has 0 saturated heterocycles. The summed E-state index contributed by atoms with van der Waals surface area (Å²) < 4.78 is 12.5. The van der Waals surface area contributed by atoms with Gasteiger partial charge in [0.25, 0.3) is 5.56 Å². The summed E-state index contributed by atoms with van der Waals surface area (Å²) in [5.74, 6) is -1.15. The van der Waals surface area contributed by atoms with Gasteiger partial charge >= 0.3 is 18.0 Å². The number of amides is 2. The van der Waals surface area contributed by atoms with Gasteiger partial charge in [0.2, 0.25) is 5.60 Å². The van der Waals surface area contributed by atoms with Gasteiger partial charge in [-0.25, -0.2) is 14.6 Å². The van der Waals surface area contributed by atoms with Crippen molar-refractivity contribution in [2.75, 3.05) is 16.8 Å². The molecule has 1 aromatic carbocycles. The van der Waals surface area contributed by atoms with Gasteiger partial charge in [-0.05, 0) is 30.5 Å². The molecule has 0 bridgehead atoms. The summed E-state index contributed by atoms with van der Waals surface area (Å²) in [5, 5.41) is 3.79. The van der Waals surface area contributed by atoms with Crippen molar-refractivity contribution in [3.8, 4) is 11.4 Å². The molecule has 5 heterocycles. The van der Waals surface area contributed by atoms with Crippen molar-refractivity contribution in [2.45, 2.75) is 52.9 Å². The Morgan fingerprint density at radius 1 is 1.24 bits per heavy atom. The minimum Gasteiger partial charge on any atom is -0.457 e. The number of benzene rings is 1. The predicted octanol–water partition coefficient (Wildman–Crippen LogP) is 3.66. The van der Waals surface area contributed by atoms with Crippen LogP contribution >= 0.6 is 0 Å². The first kappa shape index (κ1) is 23.2. The summed E-state index contributed by atoms with van der Waals surface area (Å²) in [6.45, 7) is 7.50. The molecule has 0 saturated carbocycles. The van der Waals surface area contributed by atoms with E-state index in [2.05, 4.69) is 5.32 Å². The number of carbonyl (C=O) groups is 3. The fraction of sp³-hybridized carbons (Fsp3) is 0.370. The van der Waals surface area contributed by atoms with E-state index in [0.29, 0.717) is 34.7 Å². The number of esters is 2. The number of carbonyl (C=O) groups excluding carboxylic acids is 3. The number of ether oxygens (including phenoxy) is 2. The van der Waals surface area contributed by atoms with Crippen molar-refractivity contribution in [2.24, 2.45) is 5.92 Å². The largest absolute Gasteiger partial charge is 0.457 e. The number of aromatic nitrogens is 2. The van der Waals surface area contributed by atoms with Crippen LogP contribution < -0.4 is 15.8 Å². The van der Waals surface area contributed by atoms with Gasteiger partial charge in [0.1, 0.15) is 6.61 Å². The lowest BCUT2D eigenvalue weighted by Gasteiger charge is -2.35. The monoisotopic (exact) mass is 502 g/mol. The number of urea groups is 1. The van der Waals surface area contributed by atoms with E-state index < -0.39 is 17.5 Å². The molecule has 10 nitrogen and oxygen atoms in total. The van der Waals surface area contributed by atoms with Gasteiger partial charge in [-0.3, -0.25) is 14.5 Å². The number of hydrogen-bond acceptors (Lipinski definition) is 7. The van der Waals surface area contributed by atoms with Crippen LogP contribution in [0.5, 0.6) is 0 Å². The number of pyridine rings is 2. The van der Waals surface area contributed by atoms with Crippen LogP contribution in [0.1, 0.15) is 50.8 Å². The summed E-state index contributed by atoms with van der Waals surface area (Å²) in [7, 11) is 0. The molecule has 0 aliphatic carbocycles. The van der Waals surface area contributed by atoms with Crippen LogP contribution in [0.2, 0.25) is 0 Å². The van der Waals surface area contributed by atoms with Crippen molar-refractivity contribution in [1.82, 2.24) is 9.55 Å². The molecule has 10 heteroatoms. The van der Waals surface area contributed by atoms with Gasteiger partial charge < -0.3 is 19.4 Å². The Hall–Kier alpha value is -4.21. The van der Waals surface area contributed by atoms with Gasteiger partial charge in [-0.2, -0.15) is 0 Å². The average Bonchev–Trinajstić information content (AvgIpc) is 3.21. The van der Waals surface area contributed by atoms with Crippen LogP contribution in [-0.4, -0.2) is 34.1 Å². The Labute approximate surface area is 212 Å². The number of rotatable bonds is 4. The van der Waals surface area contributed by atoms with E-state index in [0.717, 1.165) is 16.6 Å². The summed E-state index contributed by atoms with van der Waals surface area (Å²) in [5.41, 5.74) is 2.48. The van der Waals surface area contributed by atoms with E-state index in [-0.39, 0.29) is 42.6 Å². The Kier molecular flexibility index (Phi) is 4.95. The number of nitrogens with one attached hydrogen (secondary N) is 1. The molecule has 0 spiro atoms. The topological polar surface area (TPSA) is 120 Å². The first-order chi connectivity index (χ1) is 17.7. The number of anilines is 2. The Balaban J connectivity index is 1.65. The molecule has 2 aromatic heterocycles. The Morgan fingerprint density at radius 3 is 2.73 bits per heavy atom. The van der Waals surface area contributed by atoms with Gasteiger partial charge in [0.05, 0.1) is 40.4 Å². The van der Waals surface area contributed by atoms with Crippen LogP contribution in [-0.2, 0) is 37.8 Å². The highest BCUT2D eigenvalue weighted by Crippen LogP contribution is 2.47. The fourth-order valence-electron chi connectivity index (χ4n) is 5.73. The predicted molar refractivity (Wildman–Crippen MR) is 135 cm³/mol. The SMILES string of the molecule is CC[C@@]1(OC(C)=O)C(=O)OCc2c1cc1n(c2=O)Cc2c-1nc1cccc3c1c2N(CC(C)C)C(=O)N3. The fourth-order valence-corrected chi connectivity index (χ4v) is 5.73. The third-order valence-electron chi connectivity index (χ3n) is 7.27. The molecule has 0 unspecified atom stereocenters. The van der Waals surface area contributed by atoms with Crippen molar-refractivity contribution < 1.29 is 23.9 Å². The Bertz CT molecular complexity index is 1610. The first-order valence-corrected chi connectivity index (χ1v) is 12.3. The quantitative estimate of drug-likeness (QED) is 0.423. The highest BCUT2D eigenvalue weighted by Gasteiger charge is 2.50. The van der Waals surface area contributed by atoms with Crippen LogP contribution in [0.3, 0.4) is 0 Å². The summed E-state index contributed by atoms with van der Waals surface area (Å²) in [6.07, 6.45) is 0.107. The molecule has 2 amide bonds. The van der Waals surface area contributed by atoms with Gasteiger partial charge in [-0.15, -0.1) is 0 Å². The molecule has 0 fully saturated rings. The first-order valence-electron chi connectivity index (χ1n) is 12.3. The summed E-state index contributed by atoms with van der Waals surface area (Å²) >= 11 is 0. The highest BCUT2D eigenvalue weighted by molar-refractivity contribution is 6.19. The second-order valence-corrected chi connectivity index (χ2v) is 10.1. The van der Waals surface area contributed by atoms with E-state index in [1.165, 1.54) is 6.92 Å². The maximum Gasteiger partial charge on any atom is 0.355 e. The van der Waals surface area contributed by atoms with Crippen LogP contribution in [0, 0.1) is 5.92 Å². The third-order valence-corrected chi connectivity index (χ3v) is 7.27. The lowest BCUT2D eigenvalue weighted by molar-refractivity contribution is -0.188. The maximum atomic E-state index is 13.8. The van der Waals surface area contributed by atoms with Gasteiger partial charge in [0.15, 0.2) is 0 Å². The smallest absolute Gasteiger partial charge is 0.355 e. The highest BCUT2D eigenvalue weighted by atomic mass is 16.6. The van der Waals surface area contributed by atoms with Crippen molar-refractivity contribution in [1.29, 1.82) is 0 Å². The molecule has 3 aliphatic rings. The summed E-state index contributed by atoms with van der Waals surface area (Å²) in [4.78, 5) is 58.5. The van der Waals surface area contributed by atoms with E-state index in [4.69, 9.17) is 14.5 Å². The van der Waals surface area contributed by atoms with Crippen LogP contribution in [0.4, 0.5) is 16.2 Å². The second-order valence-electron chi connectivity index (χ2n) is 10.1. The van der Waals surface area contributed by atoms with Gasteiger partial charge in [-0.1, -0.05) is 26.8 Å². The zero-order valence-electron chi connectivity index (χ0n) is 21.0. The zero-order chi connectivity index (χ0) is 26.2. The number of cyclic esters (lactones) is 1. The van der Waals surface area contributed by atoms with E-state index in [9.17, 15) is 19.2 Å². The van der Waals surface area contributed by atoms with E-state index in [1.54, 1.807) is 22.5 Å². The molecule has 0 radical (unpaired) electrons. The lowest BCUT2D eigenvalue weighted by atomic mass is 9.85. The minimum absolute atomic E-state index is 0.107. The number of hydrogen-bond donors (Lipinski definition) is 1. The number of nitrogens with zero attached hydrogens (tertiary/aromatic N) is 3. The van der Waals surface area contributed by atoms with E-state index in [1.807, 2.05) is 32.0 Å². The molecule has 37 heavy (non-hydrogen) atoms. The molecular formula is C27H26N4O6. The lowest BCUT2D eigenvalue weighted by Crippen LogP contribution is -2.47. The number of fused-ring (bicyclic) bond motifs is 5. The van der Waals surface area contributed by atoms with Crippen molar-refractivity contribution in [3.05, 3.63) is 51.3 Å². The summed E-state index contributed by atoms with van der Waals surface area (Å²) in [6, 6.07) is 7.03. The minimum atomic E-state index is -1.71. The molecule has 190 valence electrons. The standard InChI is InChI=1S/C27H26N4O6/c1-5-27(37-14(4)32)17-9-20-22-15(11-30(20)24(33)16(17)12-36-25(27)34)23-21-18(28-22)7-6-8-19(21)29-26(35)31(23)10-13(2)3/h6-9,13H,5,10-12H2,1-4H3,(H,29,35)/t27-/m0/s1. The maximum absolute atomic E-state index is 13.8. The Morgan fingerprint density at radius 2 is 2.03 bits per heavy atom. The molecule has 1 atom stereocenters. The molecular weight excluding hydrogens is 476 g/mol. The molecule has 3 aromatic rings. The van der Waals surface area contributed by atoms with Crippen LogP contribution in [0.15, 0.2) is 29.1 Å². The van der Waals surface area contributed by atoms with E-state index >= 15 is 0 Å². The average molecular weight is 503 g/mol. The molecule has 3 aliphatic heterocycles. The molecule has 6 rings (SSSR count).